The number of rotatable bonds is 5. The molecule has 1 N–H and O–H groups in total. The van der Waals surface area contributed by atoms with Crippen LogP contribution in [0.2, 0.25) is 0 Å². The van der Waals surface area contributed by atoms with E-state index < -0.39 is 21.3 Å². The van der Waals surface area contributed by atoms with Gasteiger partial charge in [-0.1, -0.05) is 6.92 Å². The Morgan fingerprint density at radius 3 is 2.58 bits per heavy atom. The monoisotopic (exact) mass is 394 g/mol. The van der Waals surface area contributed by atoms with Crippen molar-refractivity contribution < 1.29 is 8.42 Å². The van der Waals surface area contributed by atoms with Gasteiger partial charge in [0.25, 0.3) is 5.56 Å². The molecule has 26 heavy (non-hydrogen) atoms. The van der Waals surface area contributed by atoms with Crippen LogP contribution in [0.25, 0.3) is 10.9 Å². The van der Waals surface area contributed by atoms with Gasteiger partial charge in [0.1, 0.15) is 0 Å². The van der Waals surface area contributed by atoms with Gasteiger partial charge in [-0.25, -0.2) is 22.9 Å². The number of nitrogens with zero attached hydrogens (tertiary/aromatic N) is 3. The van der Waals surface area contributed by atoms with Gasteiger partial charge in [-0.2, -0.15) is 0 Å². The van der Waals surface area contributed by atoms with Crippen molar-refractivity contribution in [2.45, 2.75) is 24.8 Å². The first kappa shape index (κ1) is 18.5. The van der Waals surface area contributed by atoms with Crippen molar-refractivity contribution in [2.75, 3.05) is 0 Å². The fourth-order valence-electron chi connectivity index (χ4n) is 2.59. The Morgan fingerprint density at radius 2 is 1.92 bits per heavy atom. The topological polar surface area (TPSA) is 103 Å². The molecule has 10 heteroatoms. The third-order valence-electron chi connectivity index (χ3n) is 4.09. The summed E-state index contributed by atoms with van der Waals surface area (Å²) in [6, 6.07) is 4.13. The van der Waals surface area contributed by atoms with Gasteiger partial charge in [0.05, 0.1) is 33.0 Å². The summed E-state index contributed by atoms with van der Waals surface area (Å²) in [5.74, 6) is 0. The van der Waals surface area contributed by atoms with Crippen LogP contribution in [0.4, 0.5) is 0 Å². The van der Waals surface area contributed by atoms with Crippen molar-refractivity contribution in [1.82, 2.24) is 18.8 Å². The van der Waals surface area contributed by atoms with Gasteiger partial charge in [-0.15, -0.1) is 11.3 Å². The molecule has 3 rings (SSSR count). The fourth-order valence-corrected chi connectivity index (χ4v) is 4.36. The standard InChI is InChI=1S/C16H18N4O4S2/c1-4-14-18-10(9-25-14)8-17-26(23,24)11-5-6-13-12(7-11)15(21)20(3)16(22)19(13)2/h5-7,9,17H,4,8H2,1-3H3. The zero-order valence-electron chi connectivity index (χ0n) is 14.5. The number of hydrogen-bond acceptors (Lipinski definition) is 6. The Morgan fingerprint density at radius 1 is 1.19 bits per heavy atom. The summed E-state index contributed by atoms with van der Waals surface area (Å²) in [5, 5.41) is 2.92. The SMILES string of the molecule is CCc1nc(CNS(=O)(=O)c2ccc3c(c2)c(=O)n(C)c(=O)n3C)cs1. The average Bonchev–Trinajstić information content (AvgIpc) is 3.10. The molecule has 0 aliphatic rings. The molecule has 0 spiro atoms. The van der Waals surface area contributed by atoms with Crippen LogP contribution in [0.5, 0.6) is 0 Å². The maximum Gasteiger partial charge on any atom is 0.330 e. The third-order valence-corrected chi connectivity index (χ3v) is 6.53. The first-order valence-corrected chi connectivity index (χ1v) is 10.2. The third kappa shape index (κ3) is 3.22. The van der Waals surface area contributed by atoms with Crippen molar-refractivity contribution in [2.24, 2.45) is 14.1 Å². The Labute approximate surface area is 153 Å². The molecular weight excluding hydrogens is 376 g/mol. The molecule has 0 aliphatic carbocycles. The Hall–Kier alpha value is -2.30. The highest BCUT2D eigenvalue weighted by Gasteiger charge is 2.17. The molecule has 0 atom stereocenters. The van der Waals surface area contributed by atoms with Crippen LogP contribution in [0.1, 0.15) is 17.6 Å². The highest BCUT2D eigenvalue weighted by atomic mass is 32.2. The molecule has 2 heterocycles. The van der Waals surface area contributed by atoms with Gasteiger partial charge >= 0.3 is 5.69 Å². The molecule has 0 saturated carbocycles. The molecule has 1 aromatic carbocycles. The van der Waals surface area contributed by atoms with E-state index in [1.165, 1.54) is 48.2 Å². The molecule has 0 radical (unpaired) electrons. The van der Waals surface area contributed by atoms with Gasteiger partial charge < -0.3 is 0 Å². The van der Waals surface area contributed by atoms with Gasteiger partial charge in [0, 0.05) is 19.5 Å². The summed E-state index contributed by atoms with van der Waals surface area (Å²) in [7, 11) is -0.931. The van der Waals surface area contributed by atoms with Crippen LogP contribution >= 0.6 is 11.3 Å². The first-order valence-electron chi connectivity index (χ1n) is 7.87. The van der Waals surface area contributed by atoms with Crippen molar-refractivity contribution in [3.05, 3.63) is 55.1 Å². The van der Waals surface area contributed by atoms with Gasteiger partial charge in [-0.3, -0.25) is 13.9 Å². The normalized spacial score (nSPS) is 12.0. The minimum absolute atomic E-state index is 0.0355. The van der Waals surface area contributed by atoms with Crippen LogP contribution < -0.4 is 16.0 Å². The summed E-state index contributed by atoms with van der Waals surface area (Å²) in [6.45, 7) is 2.05. The van der Waals surface area contributed by atoms with Crippen LogP contribution in [-0.4, -0.2) is 22.5 Å². The number of aryl methyl sites for hydroxylation is 2. The quantitative estimate of drug-likeness (QED) is 0.687. The molecule has 8 nitrogen and oxygen atoms in total. The maximum atomic E-state index is 12.6. The van der Waals surface area contributed by atoms with Crippen molar-refractivity contribution in [3.63, 3.8) is 0 Å². The minimum atomic E-state index is -3.82. The lowest BCUT2D eigenvalue weighted by Gasteiger charge is -2.10. The number of sulfonamides is 1. The minimum Gasteiger partial charge on any atom is -0.296 e. The smallest absolute Gasteiger partial charge is 0.296 e. The number of fused-ring (bicyclic) bond motifs is 1. The lowest BCUT2D eigenvalue weighted by atomic mass is 10.2. The predicted molar refractivity (Wildman–Crippen MR) is 99.9 cm³/mol. The zero-order valence-corrected chi connectivity index (χ0v) is 16.1. The number of aromatic nitrogens is 3. The van der Waals surface area contributed by atoms with E-state index in [-0.39, 0.29) is 16.8 Å². The predicted octanol–water partition coefficient (Wildman–Crippen LogP) is 0.735. The molecule has 0 saturated heterocycles. The second-order valence-electron chi connectivity index (χ2n) is 5.80. The number of thiazole rings is 1. The Balaban J connectivity index is 1.98. The van der Waals surface area contributed by atoms with E-state index in [0.29, 0.717) is 11.2 Å². The molecule has 0 aliphatic heterocycles. The van der Waals surface area contributed by atoms with Gasteiger partial charge in [0.15, 0.2) is 0 Å². The maximum absolute atomic E-state index is 12.6. The highest BCUT2D eigenvalue weighted by Crippen LogP contribution is 2.16. The summed E-state index contributed by atoms with van der Waals surface area (Å²) in [5.41, 5.74) is 0.0254. The lowest BCUT2D eigenvalue weighted by molar-refractivity contribution is 0.580. The molecule has 2 aromatic heterocycles. The van der Waals surface area contributed by atoms with E-state index in [1.807, 2.05) is 12.3 Å². The highest BCUT2D eigenvalue weighted by molar-refractivity contribution is 7.89. The van der Waals surface area contributed by atoms with Crippen LogP contribution in [0.15, 0.2) is 38.1 Å². The van der Waals surface area contributed by atoms with Crippen LogP contribution in [0.3, 0.4) is 0 Å². The number of hydrogen-bond donors (Lipinski definition) is 1. The summed E-state index contributed by atoms with van der Waals surface area (Å²) in [4.78, 5) is 28.6. The largest absolute Gasteiger partial charge is 0.330 e. The first-order chi connectivity index (χ1) is 12.2. The Kier molecular flexibility index (Phi) is 4.82. The van der Waals surface area contributed by atoms with Gasteiger partial charge in [-0.05, 0) is 24.6 Å². The Bertz CT molecular complexity index is 1210. The molecule has 0 fully saturated rings. The summed E-state index contributed by atoms with van der Waals surface area (Å²) in [6.07, 6.45) is 0.796. The van der Waals surface area contributed by atoms with Crippen molar-refractivity contribution >= 4 is 32.3 Å². The van der Waals surface area contributed by atoms with E-state index in [4.69, 9.17) is 0 Å². The van der Waals surface area contributed by atoms with E-state index in [0.717, 1.165) is 16.0 Å². The molecular formula is C16H18N4O4S2. The molecule has 0 bridgehead atoms. The van der Waals surface area contributed by atoms with E-state index in [1.54, 1.807) is 0 Å². The molecule has 0 unspecified atom stereocenters. The second kappa shape index (κ2) is 6.78. The van der Waals surface area contributed by atoms with Crippen LogP contribution in [-0.2, 0) is 37.1 Å². The average molecular weight is 394 g/mol. The number of benzene rings is 1. The second-order valence-corrected chi connectivity index (χ2v) is 8.51. The molecule has 138 valence electrons. The van der Waals surface area contributed by atoms with Crippen molar-refractivity contribution in [3.8, 4) is 0 Å². The number of nitrogens with one attached hydrogen (secondary N) is 1. The van der Waals surface area contributed by atoms with E-state index in [2.05, 4.69) is 9.71 Å². The molecule has 3 aromatic rings. The van der Waals surface area contributed by atoms with Crippen LogP contribution in [0, 0.1) is 0 Å². The van der Waals surface area contributed by atoms with Crippen molar-refractivity contribution in [1.29, 1.82) is 0 Å². The lowest BCUT2D eigenvalue weighted by Crippen LogP contribution is -2.37. The van der Waals surface area contributed by atoms with E-state index >= 15 is 0 Å². The fraction of sp³-hybridized carbons (Fsp3) is 0.312. The zero-order chi connectivity index (χ0) is 19.1. The molecule has 0 amide bonds. The summed E-state index contributed by atoms with van der Waals surface area (Å²) >= 11 is 1.48. The van der Waals surface area contributed by atoms with E-state index in [9.17, 15) is 18.0 Å². The van der Waals surface area contributed by atoms with Gasteiger partial charge in [0.2, 0.25) is 10.0 Å². The summed E-state index contributed by atoms with van der Waals surface area (Å²) < 4.78 is 29.9.